The van der Waals surface area contributed by atoms with Crippen LogP contribution in [0, 0.1) is 10.1 Å². The van der Waals surface area contributed by atoms with E-state index >= 15 is 0 Å². The molecule has 0 N–H and O–H groups in total. The summed E-state index contributed by atoms with van der Waals surface area (Å²) in [6, 6.07) is 5.31. The molecule has 1 aliphatic heterocycles. The third-order valence-electron chi connectivity index (χ3n) is 3.31. The van der Waals surface area contributed by atoms with Crippen molar-refractivity contribution >= 4 is 23.2 Å². The highest BCUT2D eigenvalue weighted by atomic mass is 16.6. The average molecular weight is 260 g/mol. The summed E-state index contributed by atoms with van der Waals surface area (Å²) in [7, 11) is 2.00. The summed E-state index contributed by atoms with van der Waals surface area (Å²) in [5.41, 5.74) is 0.611. The van der Waals surface area contributed by atoms with Gasteiger partial charge < -0.3 is 4.90 Å². The summed E-state index contributed by atoms with van der Waals surface area (Å²) in [5.74, 6) is 0.445. The standard InChI is InChI=1S/C12H14N5O2/c1-14-6-8-15(9-7-14)12-11(17(18)19)10-4-2-3-5-16(10)13-12/h2-6H,7-9H2,1H3/q+1. The van der Waals surface area contributed by atoms with Crippen molar-refractivity contribution in [3.8, 4) is 0 Å². The molecule has 1 aliphatic rings. The number of hydrogen-bond acceptors (Lipinski definition) is 4. The Morgan fingerprint density at radius 1 is 1.47 bits per heavy atom. The van der Waals surface area contributed by atoms with Crippen LogP contribution in [0.2, 0.25) is 0 Å². The summed E-state index contributed by atoms with van der Waals surface area (Å²) in [6.45, 7) is 2.21. The van der Waals surface area contributed by atoms with Crippen LogP contribution in [0.4, 0.5) is 11.5 Å². The van der Waals surface area contributed by atoms with Crippen molar-refractivity contribution in [1.82, 2.24) is 9.61 Å². The number of hydrogen-bond donors (Lipinski definition) is 0. The highest BCUT2D eigenvalue weighted by Gasteiger charge is 2.29. The Kier molecular flexibility index (Phi) is 2.66. The molecule has 0 saturated carbocycles. The molecule has 0 atom stereocenters. The van der Waals surface area contributed by atoms with E-state index in [1.807, 2.05) is 24.2 Å². The second-order valence-corrected chi connectivity index (χ2v) is 4.57. The van der Waals surface area contributed by atoms with Gasteiger partial charge in [0.15, 0.2) is 12.8 Å². The van der Waals surface area contributed by atoms with Gasteiger partial charge in [0.25, 0.3) is 0 Å². The van der Waals surface area contributed by atoms with E-state index in [0.29, 0.717) is 17.9 Å². The van der Waals surface area contributed by atoms with Crippen LogP contribution in [0.5, 0.6) is 0 Å². The van der Waals surface area contributed by atoms with E-state index in [0.717, 1.165) is 13.1 Å². The van der Waals surface area contributed by atoms with Crippen molar-refractivity contribution in [3.05, 3.63) is 34.5 Å². The quantitative estimate of drug-likeness (QED) is 0.454. The number of nitrogens with zero attached hydrogens (tertiary/aromatic N) is 5. The van der Waals surface area contributed by atoms with Crippen LogP contribution >= 0.6 is 0 Å². The zero-order chi connectivity index (χ0) is 13.4. The molecule has 7 heteroatoms. The highest BCUT2D eigenvalue weighted by Crippen LogP contribution is 2.31. The minimum atomic E-state index is -0.351. The fourth-order valence-corrected chi connectivity index (χ4v) is 2.25. The molecule has 0 saturated heterocycles. The first-order valence-electron chi connectivity index (χ1n) is 6.07. The summed E-state index contributed by atoms with van der Waals surface area (Å²) < 4.78 is 3.64. The van der Waals surface area contributed by atoms with Gasteiger partial charge in [-0.3, -0.25) is 10.1 Å². The topological polar surface area (TPSA) is 66.7 Å². The van der Waals surface area contributed by atoms with Crippen molar-refractivity contribution in [2.24, 2.45) is 0 Å². The molecule has 0 spiro atoms. The normalized spacial score (nSPS) is 15.6. The van der Waals surface area contributed by atoms with E-state index in [-0.39, 0.29) is 10.6 Å². The Balaban J connectivity index is 2.12. The maximum absolute atomic E-state index is 11.3. The van der Waals surface area contributed by atoms with E-state index in [4.69, 9.17) is 0 Å². The maximum Gasteiger partial charge on any atom is 0.338 e. The molecule has 3 heterocycles. The number of aromatic nitrogens is 2. The number of pyridine rings is 1. The molecule has 2 aromatic rings. The fraction of sp³-hybridized carbons (Fsp3) is 0.333. The van der Waals surface area contributed by atoms with Gasteiger partial charge in [0.2, 0.25) is 5.82 Å². The molecule has 7 nitrogen and oxygen atoms in total. The van der Waals surface area contributed by atoms with Crippen LogP contribution in [0.15, 0.2) is 24.4 Å². The molecule has 0 aliphatic carbocycles. The van der Waals surface area contributed by atoms with Crippen LogP contribution in [0.1, 0.15) is 0 Å². The number of fused-ring (bicyclic) bond motifs is 1. The molecule has 0 fully saturated rings. The highest BCUT2D eigenvalue weighted by molar-refractivity contribution is 5.78. The molecular weight excluding hydrogens is 246 g/mol. The first-order chi connectivity index (χ1) is 9.16. The Bertz CT molecular complexity index is 676. The molecule has 3 rings (SSSR count). The molecule has 98 valence electrons. The second-order valence-electron chi connectivity index (χ2n) is 4.57. The van der Waals surface area contributed by atoms with Crippen LogP contribution in [-0.2, 0) is 0 Å². The minimum absolute atomic E-state index is 0.0820. The molecule has 0 radical (unpaired) electrons. The maximum atomic E-state index is 11.3. The first-order valence-corrected chi connectivity index (χ1v) is 6.07. The van der Waals surface area contributed by atoms with Gasteiger partial charge in [-0.25, -0.2) is 9.09 Å². The first kappa shape index (κ1) is 11.6. The molecule has 0 aromatic carbocycles. The van der Waals surface area contributed by atoms with Gasteiger partial charge in [0.1, 0.15) is 12.6 Å². The Hall–Kier alpha value is -2.44. The predicted octanol–water partition coefficient (Wildman–Crippen LogP) is 0.776. The van der Waals surface area contributed by atoms with Gasteiger partial charge in [-0.15, -0.1) is 5.10 Å². The lowest BCUT2D eigenvalue weighted by Crippen LogP contribution is -2.38. The van der Waals surface area contributed by atoms with E-state index in [1.165, 1.54) is 0 Å². The van der Waals surface area contributed by atoms with Gasteiger partial charge in [0, 0.05) is 6.20 Å². The van der Waals surface area contributed by atoms with Gasteiger partial charge in [-0.05, 0) is 12.1 Å². The zero-order valence-corrected chi connectivity index (χ0v) is 10.6. The van der Waals surface area contributed by atoms with E-state index in [1.54, 1.807) is 22.8 Å². The second kappa shape index (κ2) is 4.34. The number of rotatable bonds is 2. The molecule has 19 heavy (non-hydrogen) atoms. The van der Waals surface area contributed by atoms with Crippen LogP contribution < -0.4 is 4.90 Å². The van der Waals surface area contributed by atoms with E-state index in [2.05, 4.69) is 9.67 Å². The molecule has 0 bridgehead atoms. The summed E-state index contributed by atoms with van der Waals surface area (Å²) >= 11 is 0. The van der Waals surface area contributed by atoms with Gasteiger partial charge >= 0.3 is 5.69 Å². The zero-order valence-electron chi connectivity index (χ0n) is 10.6. The van der Waals surface area contributed by atoms with E-state index in [9.17, 15) is 10.1 Å². The summed E-state index contributed by atoms with van der Waals surface area (Å²) in [4.78, 5) is 12.9. The number of nitro groups is 1. The SMILES string of the molecule is C[N+]1=CCN(c2nn3ccccc3c2[N+](=O)[O-])CC1. The summed E-state index contributed by atoms with van der Waals surface area (Å²) in [5, 5.41) is 15.7. The lowest BCUT2D eigenvalue weighted by Gasteiger charge is -2.20. The van der Waals surface area contributed by atoms with Crippen molar-refractivity contribution in [2.45, 2.75) is 0 Å². The van der Waals surface area contributed by atoms with E-state index < -0.39 is 0 Å². The Morgan fingerprint density at radius 3 is 3.00 bits per heavy atom. The lowest BCUT2D eigenvalue weighted by atomic mass is 10.3. The van der Waals surface area contributed by atoms with Gasteiger partial charge in [-0.2, -0.15) is 0 Å². The van der Waals surface area contributed by atoms with Crippen molar-refractivity contribution in [2.75, 3.05) is 31.6 Å². The van der Waals surface area contributed by atoms with Crippen LogP contribution in [-0.4, -0.2) is 52.0 Å². The minimum Gasteiger partial charge on any atom is -0.333 e. The van der Waals surface area contributed by atoms with Crippen molar-refractivity contribution in [3.63, 3.8) is 0 Å². The van der Waals surface area contributed by atoms with Crippen LogP contribution in [0.25, 0.3) is 5.52 Å². The van der Waals surface area contributed by atoms with Crippen molar-refractivity contribution in [1.29, 1.82) is 0 Å². The third-order valence-corrected chi connectivity index (χ3v) is 3.31. The molecule has 0 unspecified atom stereocenters. The Labute approximate surface area is 109 Å². The van der Waals surface area contributed by atoms with Crippen molar-refractivity contribution < 1.29 is 9.50 Å². The molecule has 2 aromatic heterocycles. The van der Waals surface area contributed by atoms with Crippen LogP contribution in [0.3, 0.4) is 0 Å². The Morgan fingerprint density at radius 2 is 2.32 bits per heavy atom. The predicted molar refractivity (Wildman–Crippen MR) is 71.2 cm³/mol. The van der Waals surface area contributed by atoms with Gasteiger partial charge in [-0.1, -0.05) is 6.07 Å². The van der Waals surface area contributed by atoms with Gasteiger partial charge in [0.05, 0.1) is 18.0 Å². The average Bonchev–Trinajstić information content (AvgIpc) is 2.78. The number of likely N-dealkylation sites (N-methyl/N-ethyl adjacent to an activating group) is 1. The monoisotopic (exact) mass is 260 g/mol. The largest absolute Gasteiger partial charge is 0.338 e. The molecule has 0 amide bonds. The third kappa shape index (κ3) is 1.92. The molecular formula is C12H14N5O2+. The smallest absolute Gasteiger partial charge is 0.333 e. The number of anilines is 1. The summed E-state index contributed by atoms with van der Waals surface area (Å²) in [6.07, 6.45) is 3.74. The lowest BCUT2D eigenvalue weighted by molar-refractivity contribution is -0.493. The fourth-order valence-electron chi connectivity index (χ4n) is 2.25.